The summed E-state index contributed by atoms with van der Waals surface area (Å²) >= 11 is 0. The largest absolute Gasteiger partial charge is 0.508 e. The highest BCUT2D eigenvalue weighted by atomic mass is 19.2. The van der Waals surface area contributed by atoms with E-state index < -0.39 is 11.6 Å². The van der Waals surface area contributed by atoms with Crippen LogP contribution < -0.4 is 0 Å². The van der Waals surface area contributed by atoms with E-state index in [-0.39, 0.29) is 23.5 Å². The van der Waals surface area contributed by atoms with Crippen LogP contribution in [0.4, 0.5) is 8.78 Å². The second-order valence-corrected chi connectivity index (χ2v) is 3.90. The van der Waals surface area contributed by atoms with Crippen molar-refractivity contribution in [3.63, 3.8) is 0 Å². The number of aromatic hydroxyl groups is 1. The molecule has 2 aromatic rings. The number of phenolic OH excluding ortho intramolecular Hbond substituents is 1. The van der Waals surface area contributed by atoms with Crippen molar-refractivity contribution >= 4 is 5.78 Å². The molecule has 0 saturated carbocycles. The molecule has 4 heteroatoms. The number of Topliss-reactive ketones (excluding diaryl/α,β-unsaturated/α-hetero) is 1. The molecular formula is C14H10F2O2. The van der Waals surface area contributed by atoms with Gasteiger partial charge in [-0.15, -0.1) is 0 Å². The van der Waals surface area contributed by atoms with E-state index in [0.717, 1.165) is 12.1 Å². The van der Waals surface area contributed by atoms with Crippen molar-refractivity contribution in [2.75, 3.05) is 0 Å². The second kappa shape index (κ2) is 4.96. The fraction of sp³-hybridized carbons (Fsp3) is 0.0714. The van der Waals surface area contributed by atoms with Gasteiger partial charge in [0.1, 0.15) is 5.75 Å². The maximum atomic E-state index is 13.0. The predicted octanol–water partition coefficient (Wildman–Crippen LogP) is 3.10. The highest BCUT2D eigenvalue weighted by Crippen LogP contribution is 2.15. The third kappa shape index (κ3) is 2.71. The summed E-state index contributed by atoms with van der Waals surface area (Å²) in [4.78, 5) is 11.8. The molecule has 0 aliphatic carbocycles. The molecule has 92 valence electrons. The molecular weight excluding hydrogens is 238 g/mol. The van der Waals surface area contributed by atoms with Crippen molar-refractivity contribution in [2.45, 2.75) is 6.42 Å². The Kier molecular flexibility index (Phi) is 3.37. The summed E-state index contributed by atoms with van der Waals surface area (Å²) in [6.07, 6.45) is 0.0273. The Morgan fingerprint density at radius 3 is 2.50 bits per heavy atom. The van der Waals surface area contributed by atoms with Crippen molar-refractivity contribution in [2.24, 2.45) is 0 Å². The molecule has 0 atom stereocenters. The Bertz CT molecular complexity index is 594. The summed E-state index contributed by atoms with van der Waals surface area (Å²) in [5, 5.41) is 9.26. The van der Waals surface area contributed by atoms with Gasteiger partial charge in [0.15, 0.2) is 17.4 Å². The Morgan fingerprint density at radius 1 is 1.06 bits per heavy atom. The average molecular weight is 248 g/mol. The van der Waals surface area contributed by atoms with Crippen molar-refractivity contribution < 1.29 is 18.7 Å². The molecule has 0 aliphatic rings. The molecule has 0 spiro atoms. The van der Waals surface area contributed by atoms with Crippen LogP contribution in [0.1, 0.15) is 15.9 Å². The second-order valence-electron chi connectivity index (χ2n) is 3.90. The van der Waals surface area contributed by atoms with E-state index in [1.165, 1.54) is 18.2 Å². The minimum atomic E-state index is -1.04. The lowest BCUT2D eigenvalue weighted by molar-refractivity contribution is 0.0992. The predicted molar refractivity (Wildman–Crippen MR) is 62.5 cm³/mol. The lowest BCUT2D eigenvalue weighted by atomic mass is 10.0. The van der Waals surface area contributed by atoms with Gasteiger partial charge in [-0.3, -0.25) is 4.79 Å². The fourth-order valence-corrected chi connectivity index (χ4v) is 1.62. The normalized spacial score (nSPS) is 10.3. The maximum Gasteiger partial charge on any atom is 0.167 e. The number of carbonyl (C=O) groups is 1. The van der Waals surface area contributed by atoms with E-state index in [1.54, 1.807) is 12.1 Å². The molecule has 0 amide bonds. The molecule has 2 rings (SSSR count). The summed E-state index contributed by atoms with van der Waals surface area (Å²) in [5.41, 5.74) is 0.724. The highest BCUT2D eigenvalue weighted by molar-refractivity contribution is 5.97. The van der Waals surface area contributed by atoms with E-state index in [1.807, 2.05) is 0 Å². The molecule has 0 aliphatic heterocycles. The quantitative estimate of drug-likeness (QED) is 0.847. The number of hydrogen-bond acceptors (Lipinski definition) is 2. The van der Waals surface area contributed by atoms with E-state index in [4.69, 9.17) is 0 Å². The molecule has 0 fully saturated rings. The molecule has 0 bridgehead atoms. The Balaban J connectivity index is 2.19. The highest BCUT2D eigenvalue weighted by Gasteiger charge is 2.10. The van der Waals surface area contributed by atoms with Crippen LogP contribution in [0.15, 0.2) is 42.5 Å². The van der Waals surface area contributed by atoms with E-state index >= 15 is 0 Å². The number of phenols is 1. The van der Waals surface area contributed by atoms with Gasteiger partial charge in [0.05, 0.1) is 0 Å². The molecule has 0 saturated heterocycles. The lowest BCUT2D eigenvalue weighted by Crippen LogP contribution is -2.04. The zero-order chi connectivity index (χ0) is 13.1. The summed E-state index contributed by atoms with van der Waals surface area (Å²) < 4.78 is 25.7. The lowest BCUT2D eigenvalue weighted by Gasteiger charge is -2.03. The van der Waals surface area contributed by atoms with Gasteiger partial charge in [0.25, 0.3) is 0 Å². The fourth-order valence-electron chi connectivity index (χ4n) is 1.62. The summed E-state index contributed by atoms with van der Waals surface area (Å²) in [7, 11) is 0. The number of ketones is 1. The van der Waals surface area contributed by atoms with Crippen molar-refractivity contribution in [1.29, 1.82) is 0 Å². The molecule has 2 aromatic carbocycles. The zero-order valence-electron chi connectivity index (χ0n) is 9.36. The molecule has 0 unspecified atom stereocenters. The number of rotatable bonds is 3. The van der Waals surface area contributed by atoms with Gasteiger partial charge >= 0.3 is 0 Å². The van der Waals surface area contributed by atoms with Gasteiger partial charge in [-0.25, -0.2) is 8.78 Å². The summed E-state index contributed by atoms with van der Waals surface area (Å²) in [6.45, 7) is 0. The minimum absolute atomic E-state index is 0.0273. The Morgan fingerprint density at radius 2 is 1.83 bits per heavy atom. The van der Waals surface area contributed by atoms with Gasteiger partial charge in [-0.2, -0.15) is 0 Å². The third-order valence-corrected chi connectivity index (χ3v) is 2.52. The van der Waals surface area contributed by atoms with Gasteiger partial charge in [0, 0.05) is 12.0 Å². The average Bonchev–Trinajstić information content (AvgIpc) is 2.32. The van der Waals surface area contributed by atoms with Crippen LogP contribution in [0, 0.1) is 11.6 Å². The topological polar surface area (TPSA) is 37.3 Å². The minimum Gasteiger partial charge on any atom is -0.508 e. The molecule has 0 aromatic heterocycles. The third-order valence-electron chi connectivity index (χ3n) is 2.52. The van der Waals surface area contributed by atoms with E-state index in [9.17, 15) is 18.7 Å². The zero-order valence-corrected chi connectivity index (χ0v) is 9.36. The van der Waals surface area contributed by atoms with Gasteiger partial charge in [-0.05, 0) is 35.9 Å². The molecule has 1 N–H and O–H groups in total. The first-order valence-electron chi connectivity index (χ1n) is 5.32. The number of halogens is 2. The monoisotopic (exact) mass is 248 g/mol. The molecule has 0 radical (unpaired) electrons. The van der Waals surface area contributed by atoms with Crippen LogP contribution in [0.3, 0.4) is 0 Å². The van der Waals surface area contributed by atoms with E-state index in [2.05, 4.69) is 0 Å². The van der Waals surface area contributed by atoms with Gasteiger partial charge < -0.3 is 5.11 Å². The van der Waals surface area contributed by atoms with Crippen LogP contribution >= 0.6 is 0 Å². The molecule has 2 nitrogen and oxygen atoms in total. The van der Waals surface area contributed by atoms with Crippen LogP contribution in [0.25, 0.3) is 0 Å². The number of benzene rings is 2. The molecule has 0 heterocycles. The van der Waals surface area contributed by atoms with Crippen LogP contribution in [-0.4, -0.2) is 10.9 Å². The van der Waals surface area contributed by atoms with Gasteiger partial charge in [0.2, 0.25) is 0 Å². The van der Waals surface area contributed by atoms with E-state index in [0.29, 0.717) is 5.56 Å². The maximum absolute atomic E-state index is 13.0. The first kappa shape index (κ1) is 12.2. The SMILES string of the molecule is O=C(Cc1cccc(O)c1)c1ccc(F)c(F)c1. The summed E-state index contributed by atoms with van der Waals surface area (Å²) in [5.74, 6) is -2.30. The Labute approximate surface area is 103 Å². The molecule has 18 heavy (non-hydrogen) atoms. The van der Waals surface area contributed by atoms with Crippen molar-refractivity contribution in [1.82, 2.24) is 0 Å². The van der Waals surface area contributed by atoms with Crippen molar-refractivity contribution in [3.05, 3.63) is 65.2 Å². The van der Waals surface area contributed by atoms with Crippen LogP contribution in [-0.2, 0) is 6.42 Å². The smallest absolute Gasteiger partial charge is 0.167 e. The number of hydrogen-bond donors (Lipinski definition) is 1. The van der Waals surface area contributed by atoms with Crippen LogP contribution in [0.5, 0.6) is 5.75 Å². The first-order chi connectivity index (χ1) is 8.56. The van der Waals surface area contributed by atoms with Gasteiger partial charge in [-0.1, -0.05) is 12.1 Å². The number of carbonyl (C=O) groups excluding carboxylic acids is 1. The van der Waals surface area contributed by atoms with Crippen molar-refractivity contribution in [3.8, 4) is 5.75 Å². The first-order valence-corrected chi connectivity index (χ1v) is 5.32. The standard InChI is InChI=1S/C14H10F2O2/c15-12-5-4-10(8-13(12)16)14(18)7-9-2-1-3-11(17)6-9/h1-6,8,17H,7H2. The Hall–Kier alpha value is -2.23. The summed E-state index contributed by atoms with van der Waals surface area (Å²) in [6, 6.07) is 9.28. The van der Waals surface area contributed by atoms with Crippen LogP contribution in [0.2, 0.25) is 0 Å².